The van der Waals surface area contributed by atoms with Gasteiger partial charge in [-0.15, -0.1) is 0 Å². The molecule has 0 unspecified atom stereocenters. The van der Waals surface area contributed by atoms with Crippen molar-refractivity contribution in [2.45, 2.75) is 25.3 Å². The van der Waals surface area contributed by atoms with E-state index in [1.165, 1.54) is 0 Å². The van der Waals surface area contributed by atoms with Gasteiger partial charge in [0.25, 0.3) is 0 Å². The molecule has 9 heteroatoms. The third kappa shape index (κ3) is 2.85. The van der Waals surface area contributed by atoms with Crippen LogP contribution in [0.1, 0.15) is 30.4 Å². The van der Waals surface area contributed by atoms with Gasteiger partial charge >= 0.3 is 0 Å². The van der Waals surface area contributed by atoms with E-state index in [-0.39, 0.29) is 5.95 Å². The molecular formula is C15H19N9. The van der Waals surface area contributed by atoms with Crippen LogP contribution < -0.4 is 11.5 Å². The number of piperidine rings is 1. The van der Waals surface area contributed by atoms with Crippen LogP contribution in [0.2, 0.25) is 0 Å². The van der Waals surface area contributed by atoms with Crippen LogP contribution in [0.3, 0.4) is 0 Å². The van der Waals surface area contributed by atoms with Crippen LogP contribution in [0.15, 0.2) is 18.5 Å². The SMILES string of the molecule is Nc1nc(N)c2[nH]c(C3CCN(Cc4ncccn4)CC3)nc2n1. The summed E-state index contributed by atoms with van der Waals surface area (Å²) in [5, 5.41) is 0. The number of aromatic nitrogens is 6. The smallest absolute Gasteiger partial charge is 0.224 e. The van der Waals surface area contributed by atoms with E-state index >= 15 is 0 Å². The number of nitrogens with two attached hydrogens (primary N) is 2. The minimum absolute atomic E-state index is 0.149. The second-order valence-electron chi connectivity index (χ2n) is 6.00. The van der Waals surface area contributed by atoms with Gasteiger partial charge in [0.2, 0.25) is 5.95 Å². The molecule has 0 aromatic carbocycles. The number of nitrogens with zero attached hydrogens (tertiary/aromatic N) is 6. The molecule has 3 aromatic heterocycles. The van der Waals surface area contributed by atoms with E-state index in [0.717, 1.165) is 44.1 Å². The number of rotatable bonds is 3. The van der Waals surface area contributed by atoms with Crippen molar-refractivity contribution in [1.82, 2.24) is 34.8 Å². The van der Waals surface area contributed by atoms with Crippen LogP contribution in [0.4, 0.5) is 11.8 Å². The second kappa shape index (κ2) is 6.00. The quantitative estimate of drug-likeness (QED) is 0.640. The van der Waals surface area contributed by atoms with Crippen LogP contribution in [-0.4, -0.2) is 47.9 Å². The predicted octanol–water partition coefficient (Wildman–Crippen LogP) is 0.687. The molecule has 0 aliphatic carbocycles. The van der Waals surface area contributed by atoms with Crippen molar-refractivity contribution in [1.29, 1.82) is 0 Å². The molecule has 0 amide bonds. The largest absolute Gasteiger partial charge is 0.382 e. The number of hydrogen-bond donors (Lipinski definition) is 3. The van der Waals surface area contributed by atoms with Gasteiger partial charge in [-0.2, -0.15) is 9.97 Å². The summed E-state index contributed by atoms with van der Waals surface area (Å²) in [5.41, 5.74) is 12.7. The maximum absolute atomic E-state index is 5.88. The summed E-state index contributed by atoms with van der Waals surface area (Å²) in [4.78, 5) is 26.9. The molecule has 1 aliphatic rings. The van der Waals surface area contributed by atoms with Gasteiger partial charge in [0.15, 0.2) is 11.5 Å². The number of H-pyrrole nitrogens is 1. The van der Waals surface area contributed by atoms with E-state index < -0.39 is 0 Å². The molecular weight excluding hydrogens is 306 g/mol. The number of nitrogens with one attached hydrogen (secondary N) is 1. The Kier molecular flexibility index (Phi) is 3.69. The van der Waals surface area contributed by atoms with Crippen LogP contribution >= 0.6 is 0 Å². The Labute approximate surface area is 138 Å². The molecule has 4 rings (SSSR count). The van der Waals surface area contributed by atoms with Gasteiger partial charge in [-0.1, -0.05) is 0 Å². The number of nitrogen functional groups attached to an aromatic ring is 2. The fraction of sp³-hybridized carbons (Fsp3) is 0.400. The molecule has 124 valence electrons. The van der Waals surface area contributed by atoms with Crippen LogP contribution in [0.5, 0.6) is 0 Å². The monoisotopic (exact) mass is 325 g/mol. The fourth-order valence-corrected chi connectivity index (χ4v) is 3.12. The Hall–Kier alpha value is -2.81. The Morgan fingerprint density at radius 1 is 1.08 bits per heavy atom. The van der Waals surface area contributed by atoms with Crippen molar-refractivity contribution < 1.29 is 0 Å². The summed E-state index contributed by atoms with van der Waals surface area (Å²) in [5.74, 6) is 2.61. The lowest BCUT2D eigenvalue weighted by molar-refractivity contribution is 0.198. The van der Waals surface area contributed by atoms with E-state index in [2.05, 4.69) is 34.8 Å². The summed E-state index contributed by atoms with van der Waals surface area (Å²) in [6, 6.07) is 1.83. The molecule has 0 radical (unpaired) electrons. The van der Waals surface area contributed by atoms with Crippen LogP contribution in [-0.2, 0) is 6.54 Å². The first kappa shape index (κ1) is 14.8. The highest BCUT2D eigenvalue weighted by Gasteiger charge is 2.24. The van der Waals surface area contributed by atoms with Crippen molar-refractivity contribution in [2.24, 2.45) is 0 Å². The summed E-state index contributed by atoms with van der Waals surface area (Å²) in [7, 11) is 0. The topological polar surface area (TPSA) is 136 Å². The number of hydrogen-bond acceptors (Lipinski definition) is 8. The van der Waals surface area contributed by atoms with Gasteiger partial charge in [-0.25, -0.2) is 15.0 Å². The van der Waals surface area contributed by atoms with Crippen LogP contribution in [0, 0.1) is 0 Å². The third-order valence-electron chi connectivity index (χ3n) is 4.37. The van der Waals surface area contributed by atoms with Crippen molar-refractivity contribution in [3.05, 3.63) is 30.1 Å². The number of anilines is 2. The number of fused-ring (bicyclic) bond motifs is 1. The van der Waals surface area contributed by atoms with Crippen LogP contribution in [0.25, 0.3) is 11.2 Å². The first-order valence-corrected chi connectivity index (χ1v) is 7.96. The molecule has 9 nitrogen and oxygen atoms in total. The van der Waals surface area contributed by atoms with Gasteiger partial charge in [0, 0.05) is 18.3 Å². The van der Waals surface area contributed by atoms with E-state index in [9.17, 15) is 0 Å². The third-order valence-corrected chi connectivity index (χ3v) is 4.37. The minimum atomic E-state index is 0.149. The summed E-state index contributed by atoms with van der Waals surface area (Å²) < 4.78 is 0. The van der Waals surface area contributed by atoms with E-state index in [1.807, 2.05) is 6.07 Å². The lowest BCUT2D eigenvalue weighted by atomic mass is 9.96. The molecule has 1 aliphatic heterocycles. The minimum Gasteiger partial charge on any atom is -0.382 e. The first-order chi connectivity index (χ1) is 11.7. The summed E-state index contributed by atoms with van der Waals surface area (Å²) in [6.07, 6.45) is 5.58. The van der Waals surface area contributed by atoms with Gasteiger partial charge in [-0.3, -0.25) is 4.90 Å². The summed E-state index contributed by atoms with van der Waals surface area (Å²) in [6.45, 7) is 2.73. The maximum Gasteiger partial charge on any atom is 0.224 e. The molecule has 24 heavy (non-hydrogen) atoms. The molecule has 0 bridgehead atoms. The van der Waals surface area contributed by atoms with E-state index in [0.29, 0.717) is 22.9 Å². The highest BCUT2D eigenvalue weighted by atomic mass is 15.2. The Morgan fingerprint density at radius 2 is 1.83 bits per heavy atom. The van der Waals surface area contributed by atoms with Gasteiger partial charge in [0.1, 0.15) is 17.2 Å². The van der Waals surface area contributed by atoms with Gasteiger partial charge in [-0.05, 0) is 32.0 Å². The number of imidazole rings is 1. The molecule has 1 fully saturated rings. The lowest BCUT2D eigenvalue weighted by Gasteiger charge is -2.30. The molecule has 0 spiro atoms. The van der Waals surface area contributed by atoms with Crippen molar-refractivity contribution in [2.75, 3.05) is 24.6 Å². The Morgan fingerprint density at radius 3 is 2.58 bits per heavy atom. The van der Waals surface area contributed by atoms with Gasteiger partial charge < -0.3 is 16.5 Å². The van der Waals surface area contributed by atoms with Crippen molar-refractivity contribution in [3.8, 4) is 0 Å². The highest BCUT2D eigenvalue weighted by molar-refractivity contribution is 5.82. The zero-order valence-electron chi connectivity index (χ0n) is 13.2. The molecule has 0 atom stereocenters. The molecule has 1 saturated heterocycles. The molecule has 4 heterocycles. The lowest BCUT2D eigenvalue weighted by Crippen LogP contribution is -2.33. The molecule has 3 aromatic rings. The summed E-state index contributed by atoms with van der Waals surface area (Å²) >= 11 is 0. The standard InChI is InChI=1S/C15H19N9/c16-12-11-14(23-15(17)21-12)22-13(20-11)9-2-6-24(7-3-9)8-10-18-4-1-5-19-10/h1,4-5,9H,2-3,6-8H2,(H5,16,17,20,21,22,23). The Balaban J connectivity index is 1.45. The maximum atomic E-state index is 5.88. The van der Waals surface area contributed by atoms with Crippen molar-refractivity contribution in [3.63, 3.8) is 0 Å². The molecule has 0 saturated carbocycles. The van der Waals surface area contributed by atoms with E-state index in [4.69, 9.17) is 11.5 Å². The second-order valence-corrected chi connectivity index (χ2v) is 6.00. The highest BCUT2D eigenvalue weighted by Crippen LogP contribution is 2.28. The zero-order chi connectivity index (χ0) is 16.5. The Bertz CT molecular complexity index is 837. The predicted molar refractivity (Wildman–Crippen MR) is 89.8 cm³/mol. The first-order valence-electron chi connectivity index (χ1n) is 7.96. The van der Waals surface area contributed by atoms with E-state index in [1.54, 1.807) is 12.4 Å². The average Bonchev–Trinajstić information content (AvgIpc) is 3.01. The number of likely N-dealkylation sites (tertiary alicyclic amines) is 1. The zero-order valence-corrected chi connectivity index (χ0v) is 13.2. The number of aromatic amines is 1. The average molecular weight is 325 g/mol. The van der Waals surface area contributed by atoms with Gasteiger partial charge in [0.05, 0.1) is 6.54 Å². The molecule has 5 N–H and O–H groups in total. The van der Waals surface area contributed by atoms with Crippen molar-refractivity contribution >= 4 is 22.9 Å². The normalized spacial score (nSPS) is 16.7. The fourth-order valence-electron chi connectivity index (χ4n) is 3.12.